The van der Waals surface area contributed by atoms with E-state index in [0.717, 1.165) is 22.6 Å². The molecule has 0 fully saturated rings. The third-order valence-corrected chi connectivity index (χ3v) is 2.08. The maximum absolute atomic E-state index is 5.73. The van der Waals surface area contributed by atoms with Crippen molar-refractivity contribution in [1.29, 1.82) is 0 Å². The van der Waals surface area contributed by atoms with Crippen LogP contribution in [0.2, 0.25) is 0 Å². The summed E-state index contributed by atoms with van der Waals surface area (Å²) in [6, 6.07) is 3.80. The molecule has 2 N–H and O–H groups in total. The molecule has 0 aliphatic carbocycles. The van der Waals surface area contributed by atoms with Crippen LogP contribution in [0.1, 0.15) is 18.1 Å². The Morgan fingerprint density at radius 2 is 1.92 bits per heavy atom. The fourth-order valence-corrected chi connectivity index (χ4v) is 1.13. The average Bonchev–Trinajstić information content (AvgIpc) is 2.07. The first kappa shape index (κ1) is 8.91. The fraction of sp³-hybridized carbons (Fsp3) is 0.400. The van der Waals surface area contributed by atoms with Gasteiger partial charge in [0.05, 0.1) is 6.61 Å². The highest BCUT2D eigenvalue weighted by atomic mass is 16.5. The molecule has 0 aliphatic heterocycles. The molecular formula is C10H15NO. The van der Waals surface area contributed by atoms with E-state index in [2.05, 4.69) is 0 Å². The summed E-state index contributed by atoms with van der Waals surface area (Å²) in [5.74, 6) is 0.934. The van der Waals surface area contributed by atoms with Crippen molar-refractivity contribution in [2.75, 3.05) is 12.3 Å². The summed E-state index contributed by atoms with van der Waals surface area (Å²) < 4.78 is 5.42. The van der Waals surface area contributed by atoms with Gasteiger partial charge >= 0.3 is 0 Å². The summed E-state index contributed by atoms with van der Waals surface area (Å²) in [6.45, 7) is 6.71. The first-order chi connectivity index (χ1) is 5.66. The van der Waals surface area contributed by atoms with Crippen molar-refractivity contribution < 1.29 is 4.74 Å². The van der Waals surface area contributed by atoms with Gasteiger partial charge in [0.2, 0.25) is 0 Å². The minimum absolute atomic E-state index is 0.699. The normalized spacial score (nSPS) is 9.92. The van der Waals surface area contributed by atoms with E-state index in [9.17, 15) is 0 Å². The quantitative estimate of drug-likeness (QED) is 0.682. The summed E-state index contributed by atoms with van der Waals surface area (Å²) in [6.07, 6.45) is 0. The van der Waals surface area contributed by atoms with Gasteiger partial charge < -0.3 is 10.5 Å². The molecule has 0 amide bonds. The fourth-order valence-electron chi connectivity index (χ4n) is 1.13. The molecule has 0 unspecified atom stereocenters. The maximum Gasteiger partial charge on any atom is 0.122 e. The van der Waals surface area contributed by atoms with Gasteiger partial charge in [-0.2, -0.15) is 0 Å². The third-order valence-electron chi connectivity index (χ3n) is 2.08. The molecule has 0 radical (unpaired) electrons. The minimum atomic E-state index is 0.699. The van der Waals surface area contributed by atoms with Gasteiger partial charge in [-0.3, -0.25) is 0 Å². The van der Waals surface area contributed by atoms with Crippen LogP contribution in [-0.2, 0) is 0 Å². The molecule has 0 saturated heterocycles. The second-order valence-corrected chi connectivity index (χ2v) is 2.84. The standard InChI is InChI=1S/C10H15NO/c1-4-12-10-6-5-9(11)7(2)8(10)3/h5-6H,4,11H2,1-3H3. The number of nitrogen functional groups attached to an aromatic ring is 1. The molecule has 0 atom stereocenters. The molecule has 0 bridgehead atoms. The van der Waals surface area contributed by atoms with Crippen molar-refractivity contribution in [2.24, 2.45) is 0 Å². The molecule has 0 aliphatic rings. The van der Waals surface area contributed by atoms with E-state index in [4.69, 9.17) is 10.5 Å². The molecule has 2 heteroatoms. The number of nitrogens with two attached hydrogens (primary N) is 1. The summed E-state index contributed by atoms with van der Waals surface area (Å²) in [5, 5.41) is 0. The van der Waals surface area contributed by atoms with E-state index in [1.165, 1.54) is 0 Å². The van der Waals surface area contributed by atoms with E-state index in [1.807, 2.05) is 32.9 Å². The van der Waals surface area contributed by atoms with Crippen LogP contribution in [0.25, 0.3) is 0 Å². The van der Waals surface area contributed by atoms with E-state index in [1.54, 1.807) is 0 Å². The van der Waals surface area contributed by atoms with Gasteiger partial charge in [-0.1, -0.05) is 0 Å². The molecule has 1 rings (SSSR count). The van der Waals surface area contributed by atoms with E-state index in [0.29, 0.717) is 6.61 Å². The second kappa shape index (κ2) is 3.48. The van der Waals surface area contributed by atoms with Crippen LogP contribution in [0.5, 0.6) is 5.75 Å². The molecule has 0 heterocycles. The third kappa shape index (κ3) is 1.52. The van der Waals surface area contributed by atoms with Crippen molar-refractivity contribution in [3.05, 3.63) is 23.3 Å². The monoisotopic (exact) mass is 165 g/mol. The Labute approximate surface area is 73.3 Å². The largest absolute Gasteiger partial charge is 0.494 e. The zero-order valence-corrected chi connectivity index (χ0v) is 7.85. The van der Waals surface area contributed by atoms with E-state index < -0.39 is 0 Å². The lowest BCUT2D eigenvalue weighted by Gasteiger charge is -2.10. The molecule has 0 saturated carbocycles. The molecule has 0 spiro atoms. The Morgan fingerprint density at radius 1 is 1.25 bits per heavy atom. The summed E-state index contributed by atoms with van der Waals surface area (Å²) >= 11 is 0. The Kier molecular flexibility index (Phi) is 2.58. The molecular weight excluding hydrogens is 150 g/mol. The zero-order valence-electron chi connectivity index (χ0n) is 7.85. The molecule has 1 aromatic carbocycles. The highest BCUT2D eigenvalue weighted by molar-refractivity contribution is 5.55. The van der Waals surface area contributed by atoms with Gasteiger partial charge in [0.15, 0.2) is 0 Å². The Bertz CT molecular complexity index is 281. The van der Waals surface area contributed by atoms with Crippen molar-refractivity contribution >= 4 is 5.69 Å². The molecule has 0 aromatic heterocycles. The van der Waals surface area contributed by atoms with Crippen LogP contribution < -0.4 is 10.5 Å². The number of anilines is 1. The zero-order chi connectivity index (χ0) is 9.14. The van der Waals surface area contributed by atoms with Gasteiger partial charge in [-0.15, -0.1) is 0 Å². The first-order valence-electron chi connectivity index (χ1n) is 4.15. The smallest absolute Gasteiger partial charge is 0.122 e. The number of rotatable bonds is 2. The lowest BCUT2D eigenvalue weighted by molar-refractivity contribution is 0.337. The second-order valence-electron chi connectivity index (χ2n) is 2.84. The highest BCUT2D eigenvalue weighted by Gasteiger charge is 2.03. The van der Waals surface area contributed by atoms with Crippen LogP contribution in [0.4, 0.5) is 5.69 Å². The number of benzene rings is 1. The Hall–Kier alpha value is -1.18. The van der Waals surface area contributed by atoms with Crippen molar-refractivity contribution in [3.63, 3.8) is 0 Å². The molecule has 66 valence electrons. The topological polar surface area (TPSA) is 35.2 Å². The van der Waals surface area contributed by atoms with Crippen LogP contribution in [0, 0.1) is 13.8 Å². The maximum atomic E-state index is 5.73. The predicted molar refractivity (Wildman–Crippen MR) is 51.5 cm³/mol. The van der Waals surface area contributed by atoms with E-state index >= 15 is 0 Å². The van der Waals surface area contributed by atoms with Crippen molar-refractivity contribution in [2.45, 2.75) is 20.8 Å². The van der Waals surface area contributed by atoms with Gasteiger partial charge in [-0.25, -0.2) is 0 Å². The van der Waals surface area contributed by atoms with Crippen LogP contribution in [-0.4, -0.2) is 6.61 Å². The average molecular weight is 165 g/mol. The molecule has 2 nitrogen and oxygen atoms in total. The summed E-state index contributed by atoms with van der Waals surface area (Å²) in [5.41, 5.74) is 8.81. The first-order valence-corrected chi connectivity index (χ1v) is 4.15. The van der Waals surface area contributed by atoms with E-state index in [-0.39, 0.29) is 0 Å². The van der Waals surface area contributed by atoms with Gasteiger partial charge in [0.1, 0.15) is 5.75 Å². The van der Waals surface area contributed by atoms with Crippen LogP contribution in [0.15, 0.2) is 12.1 Å². The lowest BCUT2D eigenvalue weighted by Crippen LogP contribution is -1.98. The predicted octanol–water partition coefficient (Wildman–Crippen LogP) is 2.28. The Balaban J connectivity index is 3.08. The molecule has 12 heavy (non-hydrogen) atoms. The van der Waals surface area contributed by atoms with Crippen molar-refractivity contribution in [1.82, 2.24) is 0 Å². The lowest BCUT2D eigenvalue weighted by atomic mass is 10.1. The van der Waals surface area contributed by atoms with Gasteiger partial charge in [0, 0.05) is 5.69 Å². The van der Waals surface area contributed by atoms with Crippen molar-refractivity contribution in [3.8, 4) is 5.75 Å². The summed E-state index contributed by atoms with van der Waals surface area (Å²) in [7, 11) is 0. The van der Waals surface area contributed by atoms with Crippen LogP contribution >= 0.6 is 0 Å². The number of ether oxygens (including phenoxy) is 1. The van der Waals surface area contributed by atoms with Crippen LogP contribution in [0.3, 0.4) is 0 Å². The summed E-state index contributed by atoms with van der Waals surface area (Å²) in [4.78, 5) is 0. The van der Waals surface area contributed by atoms with Gasteiger partial charge in [0.25, 0.3) is 0 Å². The highest BCUT2D eigenvalue weighted by Crippen LogP contribution is 2.25. The van der Waals surface area contributed by atoms with Gasteiger partial charge in [-0.05, 0) is 44.0 Å². The minimum Gasteiger partial charge on any atom is -0.494 e. The molecule has 1 aromatic rings. The Morgan fingerprint density at radius 3 is 2.50 bits per heavy atom. The SMILES string of the molecule is CCOc1ccc(N)c(C)c1C. The number of hydrogen-bond acceptors (Lipinski definition) is 2. The number of hydrogen-bond donors (Lipinski definition) is 1.